The minimum atomic E-state index is -0.441. The molecule has 0 radical (unpaired) electrons. The molecule has 0 saturated heterocycles. The quantitative estimate of drug-likeness (QED) is 0.788. The smallest absolute Gasteiger partial charge is 0.337 e. The number of methoxy groups -OCH3 is 2. The predicted octanol–water partition coefficient (Wildman–Crippen LogP) is 1.83. The van der Waals surface area contributed by atoms with Crippen molar-refractivity contribution in [2.75, 3.05) is 32.9 Å². The molecule has 0 fully saturated rings. The van der Waals surface area contributed by atoms with Crippen molar-refractivity contribution in [3.8, 4) is 23.0 Å². The fraction of sp³-hybridized carbons (Fsp3) is 0.333. The number of fused-ring (bicyclic) bond motifs is 2. The Balaban J connectivity index is 1.81. The van der Waals surface area contributed by atoms with Gasteiger partial charge in [-0.15, -0.1) is 0 Å². The Morgan fingerprint density at radius 2 is 2.00 bits per heavy atom. The van der Waals surface area contributed by atoms with Crippen molar-refractivity contribution in [1.29, 1.82) is 0 Å². The molecule has 1 atom stereocenters. The predicted molar refractivity (Wildman–Crippen MR) is 92.4 cm³/mol. The molecule has 5 rings (SSSR count). The number of carbonyl (C=O) groups is 1. The number of aromatic amines is 1. The van der Waals surface area contributed by atoms with E-state index in [4.69, 9.17) is 23.7 Å². The van der Waals surface area contributed by atoms with Gasteiger partial charge in [0.05, 0.1) is 31.4 Å². The van der Waals surface area contributed by atoms with Gasteiger partial charge in [0.15, 0.2) is 17.3 Å². The molecule has 0 aliphatic carbocycles. The third-order valence-electron chi connectivity index (χ3n) is 5.06. The number of carbonyl (C=O) groups excluding carboxylic acids is 1. The summed E-state index contributed by atoms with van der Waals surface area (Å²) in [7, 11) is 3.11. The van der Waals surface area contributed by atoms with Crippen LogP contribution >= 0.6 is 0 Å². The molecule has 9 nitrogen and oxygen atoms in total. The Morgan fingerprint density at radius 3 is 2.78 bits per heavy atom. The summed E-state index contributed by atoms with van der Waals surface area (Å²) in [4.78, 5) is 12.5. The molecule has 140 valence electrons. The van der Waals surface area contributed by atoms with E-state index in [1.807, 2.05) is 13.0 Å². The number of hydrogen-bond donors (Lipinski definition) is 2. The van der Waals surface area contributed by atoms with Gasteiger partial charge in [-0.3, -0.25) is 5.10 Å². The summed E-state index contributed by atoms with van der Waals surface area (Å²) in [6, 6.07) is 1.81. The zero-order valence-electron chi connectivity index (χ0n) is 15.0. The summed E-state index contributed by atoms with van der Waals surface area (Å²) < 4.78 is 27.6. The maximum absolute atomic E-state index is 12.5. The molecule has 1 aromatic carbocycles. The second kappa shape index (κ2) is 5.57. The van der Waals surface area contributed by atoms with E-state index in [0.29, 0.717) is 40.1 Å². The second-order valence-electron chi connectivity index (χ2n) is 6.40. The van der Waals surface area contributed by atoms with Crippen LogP contribution in [0.15, 0.2) is 17.3 Å². The van der Waals surface area contributed by atoms with E-state index in [2.05, 4.69) is 15.5 Å². The first kappa shape index (κ1) is 15.9. The van der Waals surface area contributed by atoms with E-state index >= 15 is 0 Å². The molecule has 1 aromatic heterocycles. The lowest BCUT2D eigenvalue weighted by Crippen LogP contribution is -2.20. The SMILES string of the molecule is COc1cc([C@H]2C3=C(COC3=O)Nc3n[nH]c(C)c32)c(OC)c2c1OCO2. The number of nitrogens with one attached hydrogen (secondary N) is 2. The molecule has 2 aromatic rings. The number of nitrogens with zero attached hydrogens (tertiary/aromatic N) is 1. The standard InChI is InChI=1S/C18H17N3O6/c1-7-11-12(13-9(5-25-18(13)22)19-17(11)21-20-7)8-4-10(23-2)15-16(14(8)24-3)27-6-26-15/h4,12H,5-6H2,1-3H3,(H2,19,20,21)/t12-/m1/s1. The van der Waals surface area contributed by atoms with Crippen LogP contribution in [0.5, 0.6) is 23.0 Å². The molecule has 9 heteroatoms. The van der Waals surface area contributed by atoms with Crippen LogP contribution in [0.4, 0.5) is 5.82 Å². The van der Waals surface area contributed by atoms with Gasteiger partial charge < -0.3 is 29.0 Å². The van der Waals surface area contributed by atoms with E-state index in [0.717, 1.165) is 16.8 Å². The minimum Gasteiger partial charge on any atom is -0.493 e. The third kappa shape index (κ3) is 2.05. The van der Waals surface area contributed by atoms with Gasteiger partial charge in [-0.2, -0.15) is 5.10 Å². The van der Waals surface area contributed by atoms with Gasteiger partial charge in [-0.25, -0.2) is 4.79 Å². The Morgan fingerprint density at radius 1 is 1.19 bits per heavy atom. The van der Waals surface area contributed by atoms with Gasteiger partial charge in [-0.05, 0) is 13.0 Å². The lowest BCUT2D eigenvalue weighted by atomic mass is 9.81. The van der Waals surface area contributed by atoms with Crippen molar-refractivity contribution < 1.29 is 28.5 Å². The Bertz CT molecular complexity index is 1010. The summed E-state index contributed by atoms with van der Waals surface area (Å²) in [5.41, 5.74) is 3.64. The number of benzene rings is 1. The third-order valence-corrected chi connectivity index (χ3v) is 5.06. The first-order chi connectivity index (χ1) is 13.1. The molecular formula is C18H17N3O6. The number of H-pyrrole nitrogens is 1. The van der Waals surface area contributed by atoms with Gasteiger partial charge in [0.25, 0.3) is 0 Å². The van der Waals surface area contributed by atoms with Crippen molar-refractivity contribution in [1.82, 2.24) is 10.2 Å². The van der Waals surface area contributed by atoms with E-state index in [1.165, 1.54) is 0 Å². The van der Waals surface area contributed by atoms with Crippen LogP contribution in [0, 0.1) is 6.92 Å². The summed E-state index contributed by atoms with van der Waals surface area (Å²) in [6.45, 7) is 2.16. The van der Waals surface area contributed by atoms with Crippen LogP contribution in [0.25, 0.3) is 0 Å². The zero-order valence-corrected chi connectivity index (χ0v) is 15.0. The fourth-order valence-corrected chi connectivity index (χ4v) is 3.91. The van der Waals surface area contributed by atoms with Crippen LogP contribution in [-0.4, -0.2) is 43.8 Å². The molecule has 27 heavy (non-hydrogen) atoms. The molecule has 2 N–H and O–H groups in total. The fourth-order valence-electron chi connectivity index (χ4n) is 3.91. The number of esters is 1. The van der Waals surface area contributed by atoms with Crippen LogP contribution in [-0.2, 0) is 9.53 Å². The van der Waals surface area contributed by atoms with Gasteiger partial charge in [0.2, 0.25) is 18.3 Å². The minimum absolute atomic E-state index is 0.0731. The number of aryl methyl sites for hydroxylation is 1. The highest BCUT2D eigenvalue weighted by Gasteiger charge is 2.43. The van der Waals surface area contributed by atoms with Crippen molar-refractivity contribution >= 4 is 11.8 Å². The maximum Gasteiger partial charge on any atom is 0.337 e. The maximum atomic E-state index is 12.5. The monoisotopic (exact) mass is 371 g/mol. The molecular weight excluding hydrogens is 354 g/mol. The molecule has 4 heterocycles. The van der Waals surface area contributed by atoms with Crippen LogP contribution in [0.1, 0.15) is 22.7 Å². The summed E-state index contributed by atoms with van der Waals surface area (Å²) in [6.07, 6.45) is 0. The molecule has 0 bridgehead atoms. The average Bonchev–Trinajstić information content (AvgIpc) is 3.39. The Labute approximate surface area is 154 Å². The van der Waals surface area contributed by atoms with E-state index < -0.39 is 5.92 Å². The largest absolute Gasteiger partial charge is 0.493 e. The number of anilines is 1. The van der Waals surface area contributed by atoms with E-state index in [-0.39, 0.29) is 19.4 Å². The summed E-state index contributed by atoms with van der Waals surface area (Å²) in [5, 5.41) is 10.5. The highest BCUT2D eigenvalue weighted by molar-refractivity contribution is 5.97. The van der Waals surface area contributed by atoms with Crippen molar-refractivity contribution in [3.05, 3.63) is 34.2 Å². The zero-order chi connectivity index (χ0) is 18.7. The van der Waals surface area contributed by atoms with Crippen LogP contribution in [0.3, 0.4) is 0 Å². The average molecular weight is 371 g/mol. The molecule has 3 aliphatic rings. The summed E-state index contributed by atoms with van der Waals surface area (Å²) in [5.74, 6) is 1.80. The lowest BCUT2D eigenvalue weighted by Gasteiger charge is -2.26. The van der Waals surface area contributed by atoms with Gasteiger partial charge in [0, 0.05) is 16.8 Å². The number of ether oxygens (including phenoxy) is 5. The first-order valence-electron chi connectivity index (χ1n) is 8.40. The van der Waals surface area contributed by atoms with Gasteiger partial charge in [-0.1, -0.05) is 0 Å². The molecule has 0 spiro atoms. The van der Waals surface area contributed by atoms with Crippen molar-refractivity contribution in [3.63, 3.8) is 0 Å². The number of rotatable bonds is 3. The Kier molecular flexibility index (Phi) is 3.27. The van der Waals surface area contributed by atoms with Gasteiger partial charge in [0.1, 0.15) is 6.61 Å². The molecule has 0 saturated carbocycles. The number of aromatic nitrogens is 2. The molecule has 0 unspecified atom stereocenters. The topological polar surface area (TPSA) is 104 Å². The summed E-state index contributed by atoms with van der Waals surface area (Å²) >= 11 is 0. The molecule has 0 amide bonds. The van der Waals surface area contributed by atoms with Crippen LogP contribution < -0.4 is 24.3 Å². The number of cyclic esters (lactones) is 1. The van der Waals surface area contributed by atoms with Gasteiger partial charge >= 0.3 is 5.97 Å². The highest BCUT2D eigenvalue weighted by Crippen LogP contribution is 2.55. The molecule has 3 aliphatic heterocycles. The van der Waals surface area contributed by atoms with Crippen molar-refractivity contribution in [2.45, 2.75) is 12.8 Å². The van der Waals surface area contributed by atoms with E-state index in [9.17, 15) is 4.79 Å². The Hall–Kier alpha value is -3.36. The first-order valence-corrected chi connectivity index (χ1v) is 8.40. The normalized spacial score (nSPS) is 19.4. The second-order valence-corrected chi connectivity index (χ2v) is 6.40. The number of hydrogen-bond acceptors (Lipinski definition) is 8. The van der Waals surface area contributed by atoms with Crippen LogP contribution in [0.2, 0.25) is 0 Å². The highest BCUT2D eigenvalue weighted by atomic mass is 16.7. The van der Waals surface area contributed by atoms with Crippen molar-refractivity contribution in [2.24, 2.45) is 0 Å². The van der Waals surface area contributed by atoms with E-state index in [1.54, 1.807) is 14.2 Å². The lowest BCUT2D eigenvalue weighted by molar-refractivity contribution is -0.136.